The number of primary amides is 1. The summed E-state index contributed by atoms with van der Waals surface area (Å²) in [5.41, 5.74) is 9.06. The van der Waals surface area contributed by atoms with Gasteiger partial charge in [-0.1, -0.05) is 0 Å². The highest BCUT2D eigenvalue weighted by molar-refractivity contribution is 5.95. The van der Waals surface area contributed by atoms with Crippen LogP contribution in [0.4, 0.5) is 0 Å². The summed E-state index contributed by atoms with van der Waals surface area (Å²) in [6.45, 7) is 0. The van der Waals surface area contributed by atoms with E-state index in [-0.39, 0.29) is 5.92 Å². The van der Waals surface area contributed by atoms with Crippen molar-refractivity contribution in [3.63, 3.8) is 0 Å². The van der Waals surface area contributed by atoms with E-state index in [1.165, 1.54) is 0 Å². The molecule has 2 atom stereocenters. The van der Waals surface area contributed by atoms with Crippen LogP contribution in [0.15, 0.2) is 0 Å². The second kappa shape index (κ2) is 1.88. The molecule has 2 fully saturated rings. The van der Waals surface area contributed by atoms with E-state index in [1.807, 2.05) is 0 Å². The van der Waals surface area contributed by atoms with Crippen molar-refractivity contribution in [3.8, 4) is 0 Å². The maximum Gasteiger partial charge on any atom is 0.226 e. The molecule has 0 saturated heterocycles. The van der Waals surface area contributed by atoms with Crippen LogP contribution in [0, 0.1) is 11.3 Å². The fraction of sp³-hybridized carbons (Fsp3) is 0.750. The van der Waals surface area contributed by atoms with Gasteiger partial charge >= 0.3 is 0 Å². The highest BCUT2D eigenvalue weighted by Gasteiger charge is 2.75. The molecular weight excluding hydrogens is 156 g/mol. The number of hydrogen-bond acceptors (Lipinski definition) is 3. The third-order valence-corrected chi connectivity index (χ3v) is 3.12. The normalized spacial score (nSPS) is 45.4. The number of carbonyl (C=O) groups excluding carboxylic acids is 2. The Morgan fingerprint density at radius 2 is 2.08 bits per heavy atom. The summed E-state index contributed by atoms with van der Waals surface area (Å²) in [7, 11) is 0. The van der Waals surface area contributed by atoms with Crippen molar-refractivity contribution in [2.75, 3.05) is 0 Å². The standard InChI is InChI=1S/C8H11N2O2/c9-6(12)8(5-1-2-5)3-7(8,10)4-11/h5H,1-3,10H2,(H2,9,12)/t7-,8+/m0/s1. The Balaban J connectivity index is 2.28. The average Bonchev–Trinajstić information content (AvgIpc) is 2.81. The third kappa shape index (κ3) is 0.659. The number of rotatable bonds is 3. The van der Waals surface area contributed by atoms with Gasteiger partial charge in [0.05, 0.1) is 11.0 Å². The van der Waals surface area contributed by atoms with E-state index in [4.69, 9.17) is 11.5 Å². The molecule has 0 heterocycles. The van der Waals surface area contributed by atoms with Gasteiger partial charge in [-0.15, -0.1) is 0 Å². The summed E-state index contributed by atoms with van der Waals surface area (Å²) in [6, 6.07) is 0. The third-order valence-electron chi connectivity index (χ3n) is 3.12. The second-order valence-electron chi connectivity index (χ2n) is 3.86. The molecule has 2 aliphatic rings. The Bertz CT molecular complexity index is 262. The molecule has 2 aliphatic carbocycles. The lowest BCUT2D eigenvalue weighted by molar-refractivity contribution is -0.124. The minimum atomic E-state index is -1.07. The zero-order chi connectivity index (χ0) is 8.98. The van der Waals surface area contributed by atoms with Crippen LogP contribution in [0.25, 0.3) is 0 Å². The largest absolute Gasteiger partial charge is 0.369 e. The highest BCUT2D eigenvalue weighted by atomic mass is 16.2. The minimum absolute atomic E-state index is 0.237. The van der Waals surface area contributed by atoms with Crippen LogP contribution in [0.1, 0.15) is 19.3 Å². The van der Waals surface area contributed by atoms with Gasteiger partial charge in [-0.2, -0.15) is 0 Å². The maximum absolute atomic E-state index is 11.1. The van der Waals surface area contributed by atoms with Crippen molar-refractivity contribution >= 4 is 12.2 Å². The van der Waals surface area contributed by atoms with Crippen LogP contribution in [0.2, 0.25) is 0 Å². The molecule has 0 aromatic heterocycles. The topological polar surface area (TPSA) is 86.2 Å². The quantitative estimate of drug-likeness (QED) is 0.570. The molecule has 1 amide bonds. The van der Waals surface area contributed by atoms with Crippen molar-refractivity contribution in [2.24, 2.45) is 22.8 Å². The van der Waals surface area contributed by atoms with Crippen molar-refractivity contribution in [1.82, 2.24) is 0 Å². The van der Waals surface area contributed by atoms with Crippen LogP contribution >= 0.6 is 0 Å². The Labute approximate surface area is 70.3 Å². The molecule has 0 aliphatic heterocycles. The van der Waals surface area contributed by atoms with Gasteiger partial charge in [-0.05, 0) is 25.2 Å². The lowest BCUT2D eigenvalue weighted by Gasteiger charge is -2.13. The summed E-state index contributed by atoms with van der Waals surface area (Å²) in [5, 5.41) is 0. The molecule has 4 nitrogen and oxygen atoms in total. The molecule has 0 aromatic carbocycles. The van der Waals surface area contributed by atoms with Crippen LogP contribution in [0.5, 0.6) is 0 Å². The van der Waals surface area contributed by atoms with Gasteiger partial charge in [0.25, 0.3) is 0 Å². The van der Waals surface area contributed by atoms with Gasteiger partial charge in [-0.25, -0.2) is 0 Å². The summed E-state index contributed by atoms with van der Waals surface area (Å²) in [6.07, 6.45) is 4.05. The fourth-order valence-corrected chi connectivity index (χ4v) is 2.12. The van der Waals surface area contributed by atoms with Crippen LogP contribution in [-0.4, -0.2) is 17.7 Å². The molecule has 0 unspecified atom stereocenters. The van der Waals surface area contributed by atoms with Crippen molar-refractivity contribution in [2.45, 2.75) is 24.8 Å². The first-order chi connectivity index (χ1) is 5.57. The summed E-state index contributed by atoms with van der Waals surface area (Å²) in [4.78, 5) is 21.6. The number of hydrogen-bond donors (Lipinski definition) is 2. The van der Waals surface area contributed by atoms with Crippen molar-refractivity contribution in [1.29, 1.82) is 0 Å². The molecule has 4 heteroatoms. The molecule has 65 valence electrons. The average molecular weight is 167 g/mol. The lowest BCUT2D eigenvalue weighted by Crippen LogP contribution is -2.41. The van der Waals surface area contributed by atoms with Crippen LogP contribution < -0.4 is 11.5 Å². The fourth-order valence-electron chi connectivity index (χ4n) is 2.12. The van der Waals surface area contributed by atoms with Crippen molar-refractivity contribution < 1.29 is 9.59 Å². The smallest absolute Gasteiger partial charge is 0.226 e. The van der Waals surface area contributed by atoms with Gasteiger partial charge in [-0.3, -0.25) is 9.59 Å². The predicted octanol–water partition coefficient (Wildman–Crippen LogP) is -0.921. The molecule has 1 radical (unpaired) electrons. The molecule has 0 bridgehead atoms. The second-order valence-corrected chi connectivity index (χ2v) is 3.86. The van der Waals surface area contributed by atoms with E-state index in [1.54, 1.807) is 6.29 Å². The molecule has 2 rings (SSSR count). The van der Waals surface area contributed by atoms with Gasteiger partial charge < -0.3 is 11.5 Å². The SMILES string of the molecule is NC(=O)[C@]1(C2CC2)C[C@]1(N)[C]=O. The highest BCUT2D eigenvalue weighted by Crippen LogP contribution is 2.65. The zero-order valence-corrected chi connectivity index (χ0v) is 6.67. The van der Waals surface area contributed by atoms with Crippen LogP contribution in [0.3, 0.4) is 0 Å². The Kier molecular flexibility index (Phi) is 1.21. The molecule has 12 heavy (non-hydrogen) atoms. The van der Waals surface area contributed by atoms with Gasteiger partial charge in [0.1, 0.15) is 0 Å². The number of amides is 1. The monoisotopic (exact) mass is 167 g/mol. The number of carbonyl (C=O) groups is 1. The van der Waals surface area contributed by atoms with Crippen LogP contribution in [-0.2, 0) is 9.59 Å². The first-order valence-corrected chi connectivity index (χ1v) is 4.05. The summed E-state index contributed by atoms with van der Waals surface area (Å²) >= 11 is 0. The Hall–Kier alpha value is -0.900. The first kappa shape index (κ1) is 7.73. The maximum atomic E-state index is 11.1. The molecule has 4 N–H and O–H groups in total. The Morgan fingerprint density at radius 3 is 2.33 bits per heavy atom. The lowest BCUT2D eigenvalue weighted by atomic mass is 9.94. The van der Waals surface area contributed by atoms with E-state index in [2.05, 4.69) is 0 Å². The molecule has 0 aromatic rings. The van der Waals surface area contributed by atoms with E-state index >= 15 is 0 Å². The summed E-state index contributed by atoms with van der Waals surface area (Å²) in [5.74, 6) is -0.197. The van der Waals surface area contributed by atoms with E-state index < -0.39 is 16.9 Å². The Morgan fingerprint density at radius 1 is 1.50 bits per heavy atom. The van der Waals surface area contributed by atoms with Gasteiger partial charge in [0.2, 0.25) is 12.2 Å². The first-order valence-electron chi connectivity index (χ1n) is 4.05. The van der Waals surface area contributed by atoms with Gasteiger partial charge in [0.15, 0.2) is 0 Å². The summed E-state index contributed by atoms with van der Waals surface area (Å²) < 4.78 is 0. The zero-order valence-electron chi connectivity index (χ0n) is 6.67. The molecule has 0 spiro atoms. The molecule has 2 saturated carbocycles. The van der Waals surface area contributed by atoms with E-state index in [0.717, 1.165) is 12.8 Å². The van der Waals surface area contributed by atoms with Gasteiger partial charge in [0, 0.05) is 0 Å². The molecular formula is C8H11N2O2. The van der Waals surface area contributed by atoms with E-state index in [9.17, 15) is 9.59 Å². The van der Waals surface area contributed by atoms with Crippen molar-refractivity contribution in [3.05, 3.63) is 0 Å². The van der Waals surface area contributed by atoms with E-state index in [0.29, 0.717) is 6.42 Å². The minimum Gasteiger partial charge on any atom is -0.369 e. The number of nitrogens with two attached hydrogens (primary N) is 2. The predicted molar refractivity (Wildman–Crippen MR) is 41.6 cm³/mol.